The van der Waals surface area contributed by atoms with Crippen LogP contribution in [0.3, 0.4) is 0 Å². The Morgan fingerprint density at radius 3 is 2.42 bits per heavy atom. The minimum absolute atomic E-state index is 0.00413. The van der Waals surface area contributed by atoms with Crippen LogP contribution in [0.15, 0.2) is 47.4 Å². The molecule has 0 radical (unpaired) electrons. The zero-order valence-electron chi connectivity index (χ0n) is 16.7. The number of halogens is 3. The zero-order valence-corrected chi connectivity index (χ0v) is 17.5. The lowest BCUT2D eigenvalue weighted by molar-refractivity contribution is -0.139. The number of cyclic esters (lactones) is 1. The quantitative estimate of drug-likeness (QED) is 0.693. The Bertz CT molecular complexity index is 1110. The summed E-state index contributed by atoms with van der Waals surface area (Å²) < 4.78 is 72.2. The molecular formula is C21H21F3N2O4S. The fraction of sp³-hybridized carbons (Fsp3) is 0.381. The highest BCUT2D eigenvalue weighted by Crippen LogP contribution is 2.37. The molecule has 2 aliphatic heterocycles. The summed E-state index contributed by atoms with van der Waals surface area (Å²) >= 11 is 0. The van der Waals surface area contributed by atoms with Gasteiger partial charge in [-0.15, -0.1) is 0 Å². The van der Waals surface area contributed by atoms with Gasteiger partial charge in [-0.2, -0.15) is 17.5 Å². The molecule has 0 spiro atoms. The molecule has 10 heteroatoms. The van der Waals surface area contributed by atoms with Crippen molar-refractivity contribution >= 4 is 21.8 Å². The third-order valence-corrected chi connectivity index (χ3v) is 7.60. The fourth-order valence-corrected chi connectivity index (χ4v) is 5.81. The van der Waals surface area contributed by atoms with Gasteiger partial charge in [-0.1, -0.05) is 29.8 Å². The van der Waals surface area contributed by atoms with E-state index in [1.165, 1.54) is 11.0 Å². The van der Waals surface area contributed by atoms with Crippen LogP contribution in [0.2, 0.25) is 0 Å². The number of nitrogens with zero attached hydrogens (tertiary/aromatic N) is 2. The molecule has 1 fully saturated rings. The molecule has 0 bridgehead atoms. The first-order valence-corrected chi connectivity index (χ1v) is 11.2. The van der Waals surface area contributed by atoms with Crippen molar-refractivity contribution in [1.82, 2.24) is 4.31 Å². The van der Waals surface area contributed by atoms with Crippen LogP contribution in [0.4, 0.5) is 23.7 Å². The first kappa shape index (κ1) is 21.6. The maximum atomic E-state index is 13.3. The van der Waals surface area contributed by atoms with E-state index < -0.39 is 32.8 Å². The van der Waals surface area contributed by atoms with Crippen LogP contribution in [0.25, 0.3) is 0 Å². The molecule has 0 atom stereocenters. The summed E-state index contributed by atoms with van der Waals surface area (Å²) in [6.07, 6.45) is -4.70. The third-order valence-electron chi connectivity index (χ3n) is 5.64. The van der Waals surface area contributed by atoms with Gasteiger partial charge in [0.15, 0.2) is 0 Å². The largest absolute Gasteiger partial charge is 0.444 e. The summed E-state index contributed by atoms with van der Waals surface area (Å²) in [6, 6.07) is 9.53. The number of fused-ring (bicyclic) bond motifs is 1. The minimum Gasteiger partial charge on any atom is -0.444 e. The Labute approximate surface area is 178 Å². The van der Waals surface area contributed by atoms with E-state index in [-0.39, 0.29) is 38.6 Å². The maximum absolute atomic E-state index is 13.3. The summed E-state index contributed by atoms with van der Waals surface area (Å²) in [5.74, 6) is 0. The van der Waals surface area contributed by atoms with E-state index >= 15 is 0 Å². The van der Waals surface area contributed by atoms with E-state index in [1.54, 1.807) is 0 Å². The van der Waals surface area contributed by atoms with Gasteiger partial charge in [-0.25, -0.2) is 13.2 Å². The van der Waals surface area contributed by atoms with Gasteiger partial charge in [0.2, 0.25) is 10.0 Å². The average Bonchev–Trinajstić information content (AvgIpc) is 2.73. The number of sulfonamides is 1. The summed E-state index contributed by atoms with van der Waals surface area (Å²) in [4.78, 5) is 13.2. The van der Waals surface area contributed by atoms with Gasteiger partial charge in [0.1, 0.15) is 6.61 Å². The summed E-state index contributed by atoms with van der Waals surface area (Å²) in [6.45, 7) is 2.12. The second-order valence-corrected chi connectivity index (χ2v) is 9.59. The first-order valence-electron chi connectivity index (χ1n) is 9.81. The van der Waals surface area contributed by atoms with Crippen LogP contribution < -0.4 is 4.90 Å². The third kappa shape index (κ3) is 4.01. The van der Waals surface area contributed by atoms with Gasteiger partial charge in [0.25, 0.3) is 0 Å². The van der Waals surface area contributed by atoms with E-state index in [2.05, 4.69) is 0 Å². The van der Waals surface area contributed by atoms with Crippen LogP contribution in [0.5, 0.6) is 0 Å². The Kier molecular flexibility index (Phi) is 5.47. The summed E-state index contributed by atoms with van der Waals surface area (Å²) in [5, 5.41) is 0. The molecule has 31 heavy (non-hydrogen) atoms. The Morgan fingerprint density at radius 1 is 1.06 bits per heavy atom. The van der Waals surface area contributed by atoms with Crippen molar-refractivity contribution in [1.29, 1.82) is 0 Å². The van der Waals surface area contributed by atoms with E-state index in [9.17, 15) is 26.4 Å². The molecule has 2 aromatic rings. The highest BCUT2D eigenvalue weighted by atomic mass is 32.2. The van der Waals surface area contributed by atoms with Crippen molar-refractivity contribution in [2.24, 2.45) is 0 Å². The molecule has 1 amide bonds. The van der Waals surface area contributed by atoms with Gasteiger partial charge in [-0.05, 0) is 38.0 Å². The highest BCUT2D eigenvalue weighted by Gasteiger charge is 2.41. The number of benzene rings is 2. The number of alkyl halides is 3. The van der Waals surface area contributed by atoms with Gasteiger partial charge in [0, 0.05) is 24.7 Å². The molecule has 0 aromatic heterocycles. The van der Waals surface area contributed by atoms with Crippen molar-refractivity contribution in [3.8, 4) is 0 Å². The fourth-order valence-electron chi connectivity index (χ4n) is 4.12. The molecular weight excluding hydrogens is 433 g/mol. The van der Waals surface area contributed by atoms with Crippen LogP contribution >= 0.6 is 0 Å². The molecule has 2 heterocycles. The van der Waals surface area contributed by atoms with Crippen LogP contribution in [-0.2, 0) is 27.5 Å². The van der Waals surface area contributed by atoms with E-state index in [0.717, 1.165) is 39.3 Å². The zero-order chi connectivity index (χ0) is 22.4. The molecule has 0 saturated carbocycles. The molecule has 6 nitrogen and oxygen atoms in total. The Morgan fingerprint density at radius 2 is 1.74 bits per heavy atom. The van der Waals surface area contributed by atoms with Gasteiger partial charge < -0.3 is 4.74 Å². The molecule has 2 aliphatic rings. The first-order chi connectivity index (χ1) is 14.6. The summed E-state index contributed by atoms with van der Waals surface area (Å²) in [5.41, 5.74) is 1.45. The van der Waals surface area contributed by atoms with Crippen molar-refractivity contribution in [2.75, 3.05) is 18.0 Å². The van der Waals surface area contributed by atoms with E-state index in [1.807, 2.05) is 25.1 Å². The Hall–Kier alpha value is -2.59. The molecule has 0 N–H and O–H groups in total. The van der Waals surface area contributed by atoms with Crippen molar-refractivity contribution < 1.29 is 31.1 Å². The number of aryl methyl sites for hydroxylation is 1. The second-order valence-electron chi connectivity index (χ2n) is 7.69. The molecule has 0 aliphatic carbocycles. The lowest BCUT2D eigenvalue weighted by atomic mass is 10.0. The second kappa shape index (κ2) is 7.83. The van der Waals surface area contributed by atoms with Crippen molar-refractivity contribution in [3.05, 3.63) is 59.2 Å². The number of carbonyl (C=O) groups excluding carboxylic acids is 1. The van der Waals surface area contributed by atoms with Crippen LogP contribution in [-0.4, -0.2) is 37.9 Å². The van der Waals surface area contributed by atoms with Crippen LogP contribution in [0.1, 0.15) is 29.5 Å². The average molecular weight is 454 g/mol. The minimum atomic E-state index is -4.78. The normalized spacial score (nSPS) is 18.6. The number of hydrogen-bond acceptors (Lipinski definition) is 4. The molecule has 2 aromatic carbocycles. The molecule has 0 unspecified atom stereocenters. The van der Waals surface area contributed by atoms with Gasteiger partial charge in [0.05, 0.1) is 16.1 Å². The van der Waals surface area contributed by atoms with E-state index in [4.69, 9.17) is 4.74 Å². The summed E-state index contributed by atoms with van der Waals surface area (Å²) in [7, 11) is -4.33. The Balaban J connectivity index is 1.56. The predicted molar refractivity (Wildman–Crippen MR) is 107 cm³/mol. The number of hydrogen-bond donors (Lipinski definition) is 0. The molecule has 4 rings (SSSR count). The number of anilines is 1. The maximum Gasteiger partial charge on any atom is 0.417 e. The smallest absolute Gasteiger partial charge is 0.417 e. The highest BCUT2D eigenvalue weighted by molar-refractivity contribution is 7.89. The topological polar surface area (TPSA) is 66.9 Å². The predicted octanol–water partition coefficient (Wildman–Crippen LogP) is 4.32. The van der Waals surface area contributed by atoms with Gasteiger partial charge >= 0.3 is 12.3 Å². The van der Waals surface area contributed by atoms with Crippen LogP contribution in [0, 0.1) is 6.92 Å². The molecule has 1 saturated heterocycles. The van der Waals surface area contributed by atoms with Gasteiger partial charge in [-0.3, -0.25) is 4.90 Å². The number of ether oxygens (including phenoxy) is 1. The van der Waals surface area contributed by atoms with Crippen molar-refractivity contribution in [2.45, 2.75) is 43.5 Å². The molecule has 166 valence electrons. The lowest BCUT2D eigenvalue weighted by Gasteiger charge is -2.40. The monoisotopic (exact) mass is 454 g/mol. The number of carbonyl (C=O) groups is 1. The number of amides is 1. The standard InChI is InChI=1S/C21H21F3N2O4S/c1-14-6-7-18-15(12-14)13-30-20(27)26(18)16-8-10-25(11-9-16)31(28,29)19-5-3-2-4-17(19)21(22,23)24/h2-7,12,16H,8-11,13H2,1H3. The lowest BCUT2D eigenvalue weighted by Crippen LogP contribution is -2.50. The number of rotatable bonds is 3. The van der Waals surface area contributed by atoms with E-state index in [0.29, 0.717) is 0 Å². The van der Waals surface area contributed by atoms with Crippen molar-refractivity contribution in [3.63, 3.8) is 0 Å². The number of piperidine rings is 1. The SMILES string of the molecule is Cc1ccc2c(c1)COC(=O)N2C1CCN(S(=O)(=O)c2ccccc2C(F)(F)F)CC1.